The van der Waals surface area contributed by atoms with Crippen LogP contribution >= 0.6 is 0 Å². The van der Waals surface area contributed by atoms with Crippen molar-refractivity contribution in [2.24, 2.45) is 0 Å². The summed E-state index contributed by atoms with van der Waals surface area (Å²) in [6, 6.07) is 16.6. The Bertz CT molecular complexity index is 761. The molecule has 0 aliphatic carbocycles. The highest BCUT2D eigenvalue weighted by molar-refractivity contribution is 5.68. The second-order valence-corrected chi connectivity index (χ2v) is 8.13. The molecule has 0 saturated heterocycles. The molecule has 0 saturated carbocycles. The molecule has 6 heteroatoms. The Morgan fingerprint density at radius 3 is 2.03 bits per heavy atom. The van der Waals surface area contributed by atoms with E-state index in [0.29, 0.717) is 0 Å². The first kappa shape index (κ1) is 22.8. The second-order valence-electron chi connectivity index (χ2n) is 8.13. The number of benzene rings is 2. The number of rotatable bonds is 8. The standard InChI is InChI=1S/C23H29F2NO3/c1-22(2,3)29-21(28)26-19(16-18-12-8-5-9-13-18)20(27)23(24,25)15-14-17-10-6-4-7-11-17/h4-13,19-20,27H,14-16H2,1-3H3,(H,26,28)/t19-,20?/m0/s1. The molecule has 1 amide bonds. The van der Waals surface area contributed by atoms with Crippen LogP contribution in [0.15, 0.2) is 60.7 Å². The minimum absolute atomic E-state index is 0.0577. The van der Waals surface area contributed by atoms with Crippen LogP contribution in [0.2, 0.25) is 0 Å². The molecule has 4 nitrogen and oxygen atoms in total. The van der Waals surface area contributed by atoms with E-state index in [4.69, 9.17) is 4.74 Å². The van der Waals surface area contributed by atoms with Crippen LogP contribution in [0.3, 0.4) is 0 Å². The Labute approximate surface area is 170 Å². The molecule has 0 radical (unpaired) electrons. The Hall–Kier alpha value is -2.47. The van der Waals surface area contributed by atoms with Gasteiger partial charge in [-0.15, -0.1) is 0 Å². The first-order valence-electron chi connectivity index (χ1n) is 9.70. The van der Waals surface area contributed by atoms with Crippen LogP contribution in [0.25, 0.3) is 0 Å². The maximum absolute atomic E-state index is 14.8. The smallest absolute Gasteiger partial charge is 0.407 e. The van der Waals surface area contributed by atoms with Crippen molar-refractivity contribution in [2.75, 3.05) is 0 Å². The number of ether oxygens (including phenoxy) is 1. The van der Waals surface area contributed by atoms with Crippen molar-refractivity contribution >= 4 is 6.09 Å². The molecule has 0 aliphatic rings. The zero-order valence-electron chi connectivity index (χ0n) is 17.1. The lowest BCUT2D eigenvalue weighted by Gasteiger charge is -2.31. The quantitative estimate of drug-likeness (QED) is 0.666. The summed E-state index contributed by atoms with van der Waals surface area (Å²) in [4.78, 5) is 12.2. The fourth-order valence-electron chi connectivity index (χ4n) is 2.97. The van der Waals surface area contributed by atoms with Crippen LogP contribution in [0, 0.1) is 0 Å². The van der Waals surface area contributed by atoms with Crippen molar-refractivity contribution in [1.82, 2.24) is 5.32 Å². The molecular formula is C23H29F2NO3. The molecule has 1 unspecified atom stereocenters. The number of carbonyl (C=O) groups is 1. The van der Waals surface area contributed by atoms with Gasteiger partial charge in [0.05, 0.1) is 6.04 Å². The van der Waals surface area contributed by atoms with Gasteiger partial charge in [-0.25, -0.2) is 13.6 Å². The Morgan fingerprint density at radius 1 is 1.00 bits per heavy atom. The number of nitrogens with one attached hydrogen (secondary N) is 1. The van der Waals surface area contributed by atoms with E-state index in [1.807, 2.05) is 12.1 Å². The van der Waals surface area contributed by atoms with Crippen molar-refractivity contribution < 1.29 is 23.4 Å². The van der Waals surface area contributed by atoms with Gasteiger partial charge in [0.1, 0.15) is 11.7 Å². The number of amides is 1. The van der Waals surface area contributed by atoms with Gasteiger partial charge < -0.3 is 15.2 Å². The largest absolute Gasteiger partial charge is 0.444 e. The molecule has 158 valence electrons. The Kier molecular flexibility index (Phi) is 7.73. The van der Waals surface area contributed by atoms with Gasteiger partial charge >= 0.3 is 6.09 Å². The SMILES string of the molecule is CC(C)(C)OC(=O)N[C@@H](Cc1ccccc1)C(O)C(F)(F)CCc1ccccc1. The van der Waals surface area contributed by atoms with Crippen molar-refractivity contribution in [3.8, 4) is 0 Å². The van der Waals surface area contributed by atoms with E-state index in [0.717, 1.165) is 11.1 Å². The molecule has 2 aromatic rings. The third-order valence-corrected chi connectivity index (χ3v) is 4.40. The molecule has 0 spiro atoms. The van der Waals surface area contributed by atoms with Crippen LogP contribution in [0.4, 0.5) is 13.6 Å². The van der Waals surface area contributed by atoms with Gasteiger partial charge in [-0.3, -0.25) is 0 Å². The van der Waals surface area contributed by atoms with Crippen molar-refractivity contribution in [3.05, 3.63) is 71.8 Å². The van der Waals surface area contributed by atoms with E-state index in [1.54, 1.807) is 69.3 Å². The number of aliphatic hydroxyl groups excluding tert-OH is 1. The number of hydrogen-bond donors (Lipinski definition) is 2. The number of alkyl carbamates (subject to hydrolysis) is 1. The van der Waals surface area contributed by atoms with Crippen molar-refractivity contribution in [1.29, 1.82) is 0 Å². The predicted octanol–water partition coefficient (Wildman–Crippen LogP) is 4.75. The van der Waals surface area contributed by atoms with Crippen LogP contribution < -0.4 is 5.32 Å². The lowest BCUT2D eigenvalue weighted by molar-refractivity contribution is -0.125. The van der Waals surface area contributed by atoms with Gasteiger partial charge in [-0.2, -0.15) is 0 Å². The monoisotopic (exact) mass is 405 g/mol. The lowest BCUT2D eigenvalue weighted by Crippen LogP contribution is -2.53. The third-order valence-electron chi connectivity index (χ3n) is 4.40. The van der Waals surface area contributed by atoms with Crippen LogP contribution in [-0.2, 0) is 17.6 Å². The molecule has 0 heterocycles. The third kappa shape index (κ3) is 7.81. The molecule has 2 rings (SSSR count). The van der Waals surface area contributed by atoms with Gasteiger partial charge in [-0.1, -0.05) is 60.7 Å². The molecule has 2 atom stereocenters. The maximum Gasteiger partial charge on any atom is 0.407 e. The molecule has 0 bridgehead atoms. The van der Waals surface area contributed by atoms with Crippen molar-refractivity contribution in [2.45, 2.75) is 63.7 Å². The molecule has 2 aromatic carbocycles. The van der Waals surface area contributed by atoms with Crippen LogP contribution in [0.1, 0.15) is 38.3 Å². The normalized spacial score (nSPS) is 14.1. The first-order chi connectivity index (χ1) is 13.6. The summed E-state index contributed by atoms with van der Waals surface area (Å²) in [6.45, 7) is 5.05. The molecule has 29 heavy (non-hydrogen) atoms. The van der Waals surface area contributed by atoms with Crippen molar-refractivity contribution in [3.63, 3.8) is 0 Å². The summed E-state index contributed by atoms with van der Waals surface area (Å²) < 4.78 is 34.8. The number of aliphatic hydroxyl groups is 1. The maximum atomic E-state index is 14.8. The van der Waals surface area contributed by atoms with Gasteiger partial charge in [-0.05, 0) is 44.7 Å². The zero-order valence-corrected chi connectivity index (χ0v) is 17.1. The van der Waals surface area contributed by atoms with Crippen LogP contribution in [-0.4, -0.2) is 34.9 Å². The predicted molar refractivity (Wildman–Crippen MR) is 109 cm³/mol. The summed E-state index contributed by atoms with van der Waals surface area (Å²) in [5.41, 5.74) is 0.716. The number of hydrogen-bond acceptors (Lipinski definition) is 3. The lowest BCUT2D eigenvalue weighted by atomic mass is 9.93. The molecule has 0 aliphatic heterocycles. The highest BCUT2D eigenvalue weighted by Gasteiger charge is 2.43. The van der Waals surface area contributed by atoms with E-state index in [-0.39, 0.29) is 12.8 Å². The van der Waals surface area contributed by atoms with E-state index in [2.05, 4.69) is 5.32 Å². The minimum Gasteiger partial charge on any atom is -0.444 e. The van der Waals surface area contributed by atoms with E-state index in [9.17, 15) is 18.7 Å². The van der Waals surface area contributed by atoms with Gasteiger partial charge in [0.25, 0.3) is 5.92 Å². The topological polar surface area (TPSA) is 58.6 Å². The fraction of sp³-hybridized carbons (Fsp3) is 0.435. The average Bonchev–Trinajstić information content (AvgIpc) is 2.65. The number of alkyl halides is 2. The Balaban J connectivity index is 2.12. The fourth-order valence-corrected chi connectivity index (χ4v) is 2.97. The highest BCUT2D eigenvalue weighted by atomic mass is 19.3. The van der Waals surface area contributed by atoms with E-state index in [1.165, 1.54) is 0 Å². The molecule has 2 N–H and O–H groups in total. The first-order valence-corrected chi connectivity index (χ1v) is 9.70. The average molecular weight is 405 g/mol. The summed E-state index contributed by atoms with van der Waals surface area (Å²) in [6.07, 6.45) is -3.24. The number of carbonyl (C=O) groups excluding carboxylic acids is 1. The summed E-state index contributed by atoms with van der Waals surface area (Å²) >= 11 is 0. The van der Waals surface area contributed by atoms with Gasteiger partial charge in [0, 0.05) is 6.42 Å². The molecular weight excluding hydrogens is 376 g/mol. The Morgan fingerprint density at radius 2 is 1.52 bits per heavy atom. The summed E-state index contributed by atoms with van der Waals surface area (Å²) in [5.74, 6) is -3.38. The zero-order chi connectivity index (χ0) is 21.5. The summed E-state index contributed by atoms with van der Waals surface area (Å²) in [7, 11) is 0. The second kappa shape index (κ2) is 9.83. The highest BCUT2D eigenvalue weighted by Crippen LogP contribution is 2.28. The number of halogens is 2. The molecule has 0 fully saturated rings. The number of aryl methyl sites for hydroxylation is 1. The molecule has 0 aromatic heterocycles. The van der Waals surface area contributed by atoms with E-state index < -0.39 is 36.2 Å². The van der Waals surface area contributed by atoms with Crippen LogP contribution in [0.5, 0.6) is 0 Å². The van der Waals surface area contributed by atoms with Gasteiger partial charge in [0.2, 0.25) is 0 Å². The van der Waals surface area contributed by atoms with E-state index >= 15 is 0 Å². The minimum atomic E-state index is -3.38. The summed E-state index contributed by atoms with van der Waals surface area (Å²) in [5, 5.41) is 12.9. The van der Waals surface area contributed by atoms with Gasteiger partial charge in [0.15, 0.2) is 0 Å².